The molecule has 0 radical (unpaired) electrons. The fourth-order valence-electron chi connectivity index (χ4n) is 2.62. The monoisotopic (exact) mass is 369 g/mol. The number of nitrogens with one attached hydrogen (secondary N) is 1. The van der Waals surface area contributed by atoms with Crippen LogP contribution in [-0.2, 0) is 17.9 Å². The highest BCUT2D eigenvalue weighted by Gasteiger charge is 2.16. The summed E-state index contributed by atoms with van der Waals surface area (Å²) in [6.45, 7) is 2.76. The first-order valence-corrected chi connectivity index (χ1v) is 8.83. The van der Waals surface area contributed by atoms with Crippen molar-refractivity contribution in [2.75, 3.05) is 14.1 Å². The van der Waals surface area contributed by atoms with E-state index in [0.29, 0.717) is 31.5 Å². The summed E-state index contributed by atoms with van der Waals surface area (Å²) in [6, 6.07) is 0. The van der Waals surface area contributed by atoms with Crippen molar-refractivity contribution in [2.45, 2.75) is 52.1 Å². The molecule has 0 saturated heterocycles. The second kappa shape index (κ2) is 8.33. The van der Waals surface area contributed by atoms with Gasteiger partial charge in [0.05, 0.1) is 0 Å². The first-order valence-electron chi connectivity index (χ1n) is 8.45. The molecule has 0 fully saturated rings. The number of imidazole rings is 1. The summed E-state index contributed by atoms with van der Waals surface area (Å²) in [6.07, 6.45) is 3.28. The highest BCUT2D eigenvalue weighted by molar-refractivity contribution is 6.28. The lowest BCUT2D eigenvalue weighted by molar-refractivity contribution is -0.128. The molecule has 0 aromatic carbocycles. The maximum absolute atomic E-state index is 12.7. The molecular weight excluding hydrogens is 346 g/mol. The van der Waals surface area contributed by atoms with E-state index >= 15 is 0 Å². The van der Waals surface area contributed by atoms with E-state index in [9.17, 15) is 14.4 Å². The quantitative estimate of drug-likeness (QED) is 0.565. The number of nitrogens with zero attached hydrogens (tertiary/aromatic N) is 4. The van der Waals surface area contributed by atoms with E-state index < -0.39 is 5.56 Å². The molecule has 25 heavy (non-hydrogen) atoms. The van der Waals surface area contributed by atoms with Crippen molar-refractivity contribution in [1.82, 2.24) is 24.0 Å². The van der Waals surface area contributed by atoms with Gasteiger partial charge in [-0.2, -0.15) is 4.98 Å². The van der Waals surface area contributed by atoms with Crippen LogP contribution in [0.3, 0.4) is 0 Å². The Morgan fingerprint density at radius 2 is 1.84 bits per heavy atom. The first-order chi connectivity index (χ1) is 11.9. The maximum Gasteiger partial charge on any atom is 0.332 e. The van der Waals surface area contributed by atoms with Gasteiger partial charge < -0.3 is 9.88 Å². The summed E-state index contributed by atoms with van der Waals surface area (Å²) < 4.78 is 2.69. The Morgan fingerprint density at radius 3 is 2.48 bits per heavy atom. The average Bonchev–Trinajstić information content (AvgIpc) is 2.95. The number of carbonyl (C=O) groups is 1. The van der Waals surface area contributed by atoms with Crippen molar-refractivity contribution in [1.29, 1.82) is 0 Å². The van der Waals surface area contributed by atoms with Crippen LogP contribution >= 0.6 is 11.6 Å². The zero-order valence-electron chi connectivity index (χ0n) is 14.8. The number of fused-ring (bicyclic) bond motifs is 1. The molecule has 0 spiro atoms. The van der Waals surface area contributed by atoms with E-state index in [4.69, 9.17) is 11.6 Å². The molecule has 0 aliphatic heterocycles. The smallest absolute Gasteiger partial charge is 0.332 e. The van der Waals surface area contributed by atoms with E-state index in [0.717, 1.165) is 12.8 Å². The molecule has 2 heterocycles. The average molecular weight is 370 g/mol. The molecule has 2 rings (SSSR count). The van der Waals surface area contributed by atoms with Crippen LogP contribution < -0.4 is 11.2 Å². The van der Waals surface area contributed by atoms with E-state index in [1.165, 1.54) is 14.0 Å². The molecule has 2 aromatic rings. The Morgan fingerprint density at radius 1 is 1.16 bits per heavy atom. The fourth-order valence-corrected chi connectivity index (χ4v) is 2.80. The van der Waals surface area contributed by atoms with Crippen LogP contribution in [0, 0.1) is 0 Å². The molecule has 0 unspecified atom stereocenters. The third-order valence-electron chi connectivity index (χ3n) is 4.09. The number of halogens is 1. The molecule has 0 bridgehead atoms. The Hall–Kier alpha value is -2.09. The predicted octanol–water partition coefficient (Wildman–Crippen LogP) is 1.60. The molecule has 8 nitrogen and oxygen atoms in total. The molecule has 9 heteroatoms. The lowest BCUT2D eigenvalue weighted by atomic mass is 10.2. The van der Waals surface area contributed by atoms with Gasteiger partial charge in [-0.1, -0.05) is 13.3 Å². The number of carbonyl (C=O) groups excluding carboxylic acids is 1. The molecule has 0 aliphatic rings. The summed E-state index contributed by atoms with van der Waals surface area (Å²) in [7, 11) is 3.41. The van der Waals surface area contributed by atoms with Gasteiger partial charge in [-0.3, -0.25) is 18.7 Å². The van der Waals surface area contributed by atoms with E-state index in [1.54, 1.807) is 14.1 Å². The van der Waals surface area contributed by atoms with Crippen molar-refractivity contribution < 1.29 is 4.79 Å². The second-order valence-electron chi connectivity index (χ2n) is 6.22. The van der Waals surface area contributed by atoms with Crippen molar-refractivity contribution in [3.63, 3.8) is 0 Å². The molecule has 1 amide bonds. The topological polar surface area (TPSA) is 93.0 Å². The van der Waals surface area contributed by atoms with Crippen molar-refractivity contribution in [2.24, 2.45) is 0 Å². The highest BCUT2D eigenvalue weighted by Crippen LogP contribution is 2.10. The van der Waals surface area contributed by atoms with E-state index in [1.807, 2.05) is 6.92 Å². The lowest BCUT2D eigenvalue weighted by Crippen LogP contribution is -2.40. The minimum atomic E-state index is -0.425. The zero-order chi connectivity index (χ0) is 18.6. The molecule has 0 atom stereocenters. The van der Waals surface area contributed by atoms with Gasteiger partial charge in [0.25, 0.3) is 5.56 Å². The van der Waals surface area contributed by atoms with Crippen LogP contribution in [0.4, 0.5) is 0 Å². The maximum atomic E-state index is 12.7. The number of aromatic amines is 1. The molecule has 2 aromatic heterocycles. The van der Waals surface area contributed by atoms with Crippen LogP contribution in [0.5, 0.6) is 0 Å². The van der Waals surface area contributed by atoms with Crippen LogP contribution in [-0.4, -0.2) is 44.0 Å². The van der Waals surface area contributed by atoms with Crippen LogP contribution in [0.15, 0.2) is 9.59 Å². The number of aromatic nitrogens is 4. The van der Waals surface area contributed by atoms with Gasteiger partial charge in [0, 0.05) is 33.6 Å². The number of H-pyrrole nitrogens is 1. The number of hydrogen-bond acceptors (Lipinski definition) is 4. The number of hydrogen-bond donors (Lipinski definition) is 1. The van der Waals surface area contributed by atoms with Crippen LogP contribution in [0.2, 0.25) is 5.28 Å². The third kappa shape index (κ3) is 4.31. The largest absolute Gasteiger partial charge is 0.349 e. The molecule has 0 saturated carbocycles. The van der Waals surface area contributed by atoms with Gasteiger partial charge in [0.2, 0.25) is 11.2 Å². The number of unbranched alkanes of at least 4 members (excludes halogenated alkanes) is 2. The van der Waals surface area contributed by atoms with Gasteiger partial charge >= 0.3 is 5.69 Å². The van der Waals surface area contributed by atoms with Gasteiger partial charge in [0.15, 0.2) is 11.2 Å². The molecular formula is C16H24ClN5O3. The Balaban J connectivity index is 2.28. The van der Waals surface area contributed by atoms with Gasteiger partial charge in [-0.25, -0.2) is 4.79 Å². The lowest BCUT2D eigenvalue weighted by Gasteiger charge is -2.12. The Kier molecular flexibility index (Phi) is 6.41. The fraction of sp³-hybridized carbons (Fsp3) is 0.625. The number of amides is 1. The van der Waals surface area contributed by atoms with Crippen molar-refractivity contribution in [3.05, 3.63) is 26.1 Å². The standard InChI is InChI=1S/C16H24ClN5O3/c1-4-5-9-21-13-12(18-15(17)19-13)14(24)22(16(21)25)10-7-6-8-11(23)20(2)3/h4-10H2,1-3H3,(H,18,19). The SMILES string of the molecule is CCCCn1c(=O)n(CCCCC(=O)N(C)C)c(=O)c2[nH]c(Cl)nc21. The summed E-state index contributed by atoms with van der Waals surface area (Å²) in [5.74, 6) is 0.0310. The Labute approximate surface area is 150 Å². The molecule has 1 N–H and O–H groups in total. The summed E-state index contributed by atoms with van der Waals surface area (Å²) in [4.78, 5) is 45.2. The van der Waals surface area contributed by atoms with Crippen LogP contribution in [0.25, 0.3) is 11.2 Å². The third-order valence-corrected chi connectivity index (χ3v) is 4.27. The zero-order valence-corrected chi connectivity index (χ0v) is 15.6. The first kappa shape index (κ1) is 19.2. The summed E-state index contributed by atoms with van der Waals surface area (Å²) >= 11 is 5.88. The van der Waals surface area contributed by atoms with Gasteiger partial charge in [-0.05, 0) is 30.9 Å². The summed E-state index contributed by atoms with van der Waals surface area (Å²) in [5, 5.41) is 0.0890. The van der Waals surface area contributed by atoms with Crippen LogP contribution in [0.1, 0.15) is 39.0 Å². The molecule has 0 aliphatic carbocycles. The highest BCUT2D eigenvalue weighted by atomic mass is 35.5. The number of rotatable bonds is 8. The second-order valence-corrected chi connectivity index (χ2v) is 6.57. The number of aryl methyl sites for hydroxylation is 1. The van der Waals surface area contributed by atoms with Gasteiger partial charge in [0.1, 0.15) is 0 Å². The normalized spacial score (nSPS) is 11.2. The van der Waals surface area contributed by atoms with Crippen molar-refractivity contribution in [3.8, 4) is 0 Å². The van der Waals surface area contributed by atoms with E-state index in [-0.39, 0.29) is 28.9 Å². The van der Waals surface area contributed by atoms with Crippen molar-refractivity contribution >= 4 is 28.7 Å². The van der Waals surface area contributed by atoms with E-state index in [2.05, 4.69) is 9.97 Å². The van der Waals surface area contributed by atoms with Gasteiger partial charge in [-0.15, -0.1) is 0 Å². The minimum Gasteiger partial charge on any atom is -0.349 e. The summed E-state index contributed by atoms with van der Waals surface area (Å²) in [5.41, 5.74) is -0.267. The Bertz CT molecular complexity index is 865. The predicted molar refractivity (Wildman–Crippen MR) is 97.1 cm³/mol. The molecule has 138 valence electrons. The minimum absolute atomic E-state index is 0.0310.